The van der Waals surface area contributed by atoms with Crippen LogP contribution in [0.2, 0.25) is 10.0 Å². The third-order valence-electron chi connectivity index (χ3n) is 6.14. The minimum absolute atomic E-state index is 0.0441. The van der Waals surface area contributed by atoms with Gasteiger partial charge in [0.15, 0.2) is 0 Å². The third-order valence-corrected chi connectivity index (χ3v) is 6.73. The number of benzene rings is 1. The number of nitrogens with one attached hydrogen (secondary N) is 1. The number of terminal acetylenes is 1. The predicted octanol–water partition coefficient (Wildman–Crippen LogP) is 6.02. The highest BCUT2D eigenvalue weighted by Gasteiger charge is 2.26. The molecule has 2 aromatic heterocycles. The molecule has 0 aliphatic carbocycles. The van der Waals surface area contributed by atoms with E-state index in [0.29, 0.717) is 47.0 Å². The smallest absolute Gasteiger partial charge is 0.257 e. The second-order valence-corrected chi connectivity index (χ2v) is 9.37. The molecule has 0 unspecified atom stereocenters. The van der Waals surface area contributed by atoms with E-state index >= 15 is 0 Å². The molecule has 1 saturated heterocycles. The van der Waals surface area contributed by atoms with Crippen LogP contribution in [0.25, 0.3) is 11.1 Å². The first kappa shape index (κ1) is 25.6. The summed E-state index contributed by atoms with van der Waals surface area (Å²) in [4.78, 5) is 35.0. The molecule has 3 heterocycles. The molecule has 184 valence electrons. The van der Waals surface area contributed by atoms with Gasteiger partial charge in [-0.15, -0.1) is 6.42 Å². The lowest BCUT2D eigenvalue weighted by atomic mass is 10.00. The molecule has 4 rings (SSSR count). The van der Waals surface area contributed by atoms with Crippen molar-refractivity contribution >= 4 is 46.4 Å². The lowest BCUT2D eigenvalue weighted by Gasteiger charge is -2.19. The van der Waals surface area contributed by atoms with Crippen molar-refractivity contribution in [2.24, 2.45) is 5.92 Å². The molecule has 1 fully saturated rings. The molecule has 6 nitrogen and oxygen atoms in total. The highest BCUT2D eigenvalue weighted by molar-refractivity contribution is 6.35. The first-order valence-corrected chi connectivity index (χ1v) is 12.2. The number of Topliss-reactive ketones (excluding diaryl/α,β-unsaturated/α-hetero) is 1. The van der Waals surface area contributed by atoms with E-state index in [0.717, 1.165) is 19.0 Å². The molecule has 9 heteroatoms. The number of carbonyl (C=O) groups is 2. The van der Waals surface area contributed by atoms with E-state index in [9.17, 15) is 14.0 Å². The number of hydrogen-bond acceptors (Lipinski definition) is 5. The molecule has 0 bridgehead atoms. The van der Waals surface area contributed by atoms with Gasteiger partial charge in [-0.2, -0.15) is 0 Å². The number of aromatic nitrogens is 2. The fourth-order valence-corrected chi connectivity index (χ4v) is 4.80. The Balaban J connectivity index is 1.49. The van der Waals surface area contributed by atoms with Gasteiger partial charge in [0.2, 0.25) is 0 Å². The van der Waals surface area contributed by atoms with Gasteiger partial charge >= 0.3 is 0 Å². The molecule has 1 atom stereocenters. The van der Waals surface area contributed by atoms with Gasteiger partial charge in [-0.3, -0.25) is 14.6 Å². The van der Waals surface area contributed by atoms with E-state index in [2.05, 4.69) is 21.2 Å². The monoisotopic (exact) mass is 524 g/mol. The Labute approximate surface area is 218 Å². The van der Waals surface area contributed by atoms with Crippen molar-refractivity contribution in [2.45, 2.75) is 26.2 Å². The van der Waals surface area contributed by atoms with Crippen molar-refractivity contribution < 1.29 is 14.0 Å². The Kier molecular flexibility index (Phi) is 7.88. The second kappa shape index (κ2) is 11.1. The van der Waals surface area contributed by atoms with E-state index in [-0.39, 0.29) is 27.9 Å². The van der Waals surface area contributed by atoms with E-state index < -0.39 is 11.7 Å². The SMILES string of the molecule is C#Cc1cnccc1-c1cc(Cl)c(C(=O)Nc2cnc(N3CC[C@H](CC(=O)CC)C3)c(Cl)c2)cc1F. The van der Waals surface area contributed by atoms with Crippen LogP contribution in [-0.2, 0) is 4.79 Å². The summed E-state index contributed by atoms with van der Waals surface area (Å²) in [5, 5.41) is 3.09. The number of rotatable bonds is 7. The van der Waals surface area contributed by atoms with Gasteiger partial charge in [0.1, 0.15) is 17.4 Å². The summed E-state index contributed by atoms with van der Waals surface area (Å²) in [7, 11) is 0. The lowest BCUT2D eigenvalue weighted by Crippen LogP contribution is -2.22. The zero-order valence-corrected chi connectivity index (χ0v) is 21.0. The molecule has 1 aliphatic heterocycles. The highest BCUT2D eigenvalue weighted by Crippen LogP contribution is 2.33. The van der Waals surface area contributed by atoms with Crippen LogP contribution < -0.4 is 10.2 Å². The molecule has 1 N–H and O–H groups in total. The topological polar surface area (TPSA) is 75.2 Å². The molecule has 36 heavy (non-hydrogen) atoms. The number of halogens is 3. The Morgan fingerprint density at radius 2 is 2.03 bits per heavy atom. The van der Waals surface area contributed by atoms with Crippen LogP contribution in [-0.4, -0.2) is 34.7 Å². The minimum Gasteiger partial charge on any atom is -0.355 e. The summed E-state index contributed by atoms with van der Waals surface area (Å²) in [5.41, 5.74) is 1.33. The van der Waals surface area contributed by atoms with Crippen molar-refractivity contribution in [2.75, 3.05) is 23.3 Å². The normalized spacial score (nSPS) is 15.0. The number of pyridine rings is 2. The fourth-order valence-electron chi connectivity index (χ4n) is 4.26. The maximum Gasteiger partial charge on any atom is 0.257 e. The summed E-state index contributed by atoms with van der Waals surface area (Å²) < 4.78 is 15.0. The van der Waals surface area contributed by atoms with Crippen LogP contribution in [0.3, 0.4) is 0 Å². The molecule has 1 amide bonds. The lowest BCUT2D eigenvalue weighted by molar-refractivity contribution is -0.119. The number of nitrogens with zero attached hydrogens (tertiary/aromatic N) is 3. The molecule has 3 aromatic rings. The van der Waals surface area contributed by atoms with Gasteiger partial charge in [0, 0.05) is 49.5 Å². The van der Waals surface area contributed by atoms with E-state index in [1.165, 1.54) is 24.7 Å². The van der Waals surface area contributed by atoms with Crippen LogP contribution in [0, 0.1) is 24.1 Å². The van der Waals surface area contributed by atoms with Crippen molar-refractivity contribution in [3.05, 3.63) is 69.8 Å². The Morgan fingerprint density at radius 3 is 2.75 bits per heavy atom. The third kappa shape index (κ3) is 5.51. The van der Waals surface area contributed by atoms with E-state index in [1.54, 1.807) is 12.1 Å². The summed E-state index contributed by atoms with van der Waals surface area (Å²) in [6.45, 7) is 3.32. The average molecular weight is 525 g/mol. The van der Waals surface area contributed by atoms with Crippen LogP contribution in [0.4, 0.5) is 15.9 Å². The number of amides is 1. The van der Waals surface area contributed by atoms with Gasteiger partial charge < -0.3 is 10.2 Å². The molecule has 0 spiro atoms. The molecular weight excluding hydrogens is 502 g/mol. The van der Waals surface area contributed by atoms with Gasteiger partial charge in [-0.25, -0.2) is 9.37 Å². The average Bonchev–Trinajstić information content (AvgIpc) is 3.33. The summed E-state index contributed by atoms with van der Waals surface area (Å²) in [6, 6.07) is 5.60. The van der Waals surface area contributed by atoms with Crippen molar-refractivity contribution in [3.8, 4) is 23.5 Å². The number of carbonyl (C=O) groups excluding carboxylic acids is 2. The van der Waals surface area contributed by atoms with Crippen molar-refractivity contribution in [1.29, 1.82) is 0 Å². The highest BCUT2D eigenvalue weighted by atomic mass is 35.5. The zero-order valence-electron chi connectivity index (χ0n) is 19.5. The van der Waals surface area contributed by atoms with Crippen LogP contribution in [0.15, 0.2) is 42.9 Å². The van der Waals surface area contributed by atoms with Gasteiger partial charge in [0.25, 0.3) is 5.91 Å². The maximum atomic E-state index is 15.0. The fraction of sp³-hybridized carbons (Fsp3) is 0.259. The van der Waals surface area contributed by atoms with Gasteiger partial charge in [-0.05, 0) is 36.6 Å². The predicted molar refractivity (Wildman–Crippen MR) is 140 cm³/mol. The first-order chi connectivity index (χ1) is 17.3. The van der Waals surface area contributed by atoms with Crippen LogP contribution >= 0.6 is 23.2 Å². The number of hydrogen-bond donors (Lipinski definition) is 1. The van der Waals surface area contributed by atoms with Crippen molar-refractivity contribution in [1.82, 2.24) is 9.97 Å². The van der Waals surface area contributed by atoms with Gasteiger partial charge in [0.05, 0.1) is 33.1 Å². The summed E-state index contributed by atoms with van der Waals surface area (Å²) in [6.07, 6.45) is 11.9. The van der Waals surface area contributed by atoms with Crippen molar-refractivity contribution in [3.63, 3.8) is 0 Å². The minimum atomic E-state index is -0.649. The first-order valence-electron chi connectivity index (χ1n) is 11.4. The van der Waals surface area contributed by atoms with E-state index in [4.69, 9.17) is 29.6 Å². The standard InChI is InChI=1S/C27H23Cl2FN4O2/c1-3-17-13-31-7-5-20(17)21-11-23(28)22(12-25(21)30)27(36)33-18-10-24(29)26(32-14-18)34-8-6-16(15-34)9-19(35)4-2/h1,5,7,10-14,16H,4,6,8-9,15H2,2H3,(H,33,36)/t16-/m1/s1. The largest absolute Gasteiger partial charge is 0.355 e. The molecule has 1 aromatic carbocycles. The summed E-state index contributed by atoms with van der Waals surface area (Å²) in [5.74, 6) is 2.33. The van der Waals surface area contributed by atoms with Crippen LogP contribution in [0.1, 0.15) is 42.1 Å². The molecule has 1 aliphatic rings. The van der Waals surface area contributed by atoms with E-state index in [1.807, 2.05) is 11.8 Å². The zero-order chi connectivity index (χ0) is 25.8. The Morgan fingerprint density at radius 1 is 1.22 bits per heavy atom. The molecule has 0 radical (unpaired) electrons. The summed E-state index contributed by atoms with van der Waals surface area (Å²) >= 11 is 12.8. The van der Waals surface area contributed by atoms with Crippen LogP contribution in [0.5, 0.6) is 0 Å². The Hall–Kier alpha value is -3.47. The van der Waals surface area contributed by atoms with Gasteiger partial charge in [-0.1, -0.05) is 36.0 Å². The molecular formula is C27H23Cl2FN4O2. The quantitative estimate of drug-likeness (QED) is 0.382. The second-order valence-electron chi connectivity index (χ2n) is 8.56. The maximum absolute atomic E-state index is 15.0. The molecule has 0 saturated carbocycles. The Bertz CT molecular complexity index is 1370. The number of ketones is 1. The number of anilines is 2.